The SMILES string of the molecule is CC/C=C\C/C=C\C/C=C\C/C=C\C/C=C\C/C=C\C/C=C\CCCCCCCC(=O)OCC(COC(=O)CCCCCCCCC/C=C\C/C=C\C/C=C\CC)OC(=O)CCCCC/C=C\C/C=C\C/C=C\C/C=C\C/C=C\CC. The zero-order valence-electron chi connectivity index (χ0n) is 51.7. The average Bonchev–Trinajstić information content (AvgIpc) is 3.47. The molecule has 0 bridgehead atoms. The number of hydrogen-bond donors (Lipinski definition) is 0. The summed E-state index contributed by atoms with van der Waals surface area (Å²) >= 11 is 0. The number of carbonyl (C=O) groups is 3. The van der Waals surface area contributed by atoms with Crippen molar-refractivity contribution >= 4 is 17.9 Å². The highest BCUT2D eigenvalue weighted by Crippen LogP contribution is 2.14. The summed E-state index contributed by atoms with van der Waals surface area (Å²) in [6.07, 6.45) is 100. The third kappa shape index (κ3) is 65.2. The molecule has 1 unspecified atom stereocenters. The number of carbonyl (C=O) groups excluding carboxylic acids is 3. The predicted molar refractivity (Wildman–Crippen MR) is 352 cm³/mol. The smallest absolute Gasteiger partial charge is 0.306 e. The van der Waals surface area contributed by atoms with E-state index in [1.54, 1.807) is 0 Å². The molecule has 0 aromatic rings. The fourth-order valence-electron chi connectivity index (χ4n) is 8.17. The molecule has 0 fully saturated rings. The Labute approximate surface area is 497 Å². The summed E-state index contributed by atoms with van der Waals surface area (Å²) in [6.45, 7) is 6.24. The van der Waals surface area contributed by atoms with E-state index in [9.17, 15) is 14.4 Å². The summed E-state index contributed by atoms with van der Waals surface area (Å²) in [6, 6.07) is 0. The zero-order chi connectivity index (χ0) is 58.5. The maximum atomic E-state index is 12.9. The fourth-order valence-corrected chi connectivity index (χ4v) is 8.17. The molecule has 452 valence electrons. The minimum Gasteiger partial charge on any atom is -0.462 e. The van der Waals surface area contributed by atoms with Gasteiger partial charge in [0.15, 0.2) is 6.10 Å². The number of esters is 3. The molecule has 1 atom stereocenters. The first-order valence-electron chi connectivity index (χ1n) is 32.3. The molecule has 0 aromatic heterocycles. The van der Waals surface area contributed by atoms with Gasteiger partial charge in [-0.2, -0.15) is 0 Å². The first kappa shape index (κ1) is 75.5. The fraction of sp³-hybridized carbons (Fsp3) is 0.560. The quantitative estimate of drug-likeness (QED) is 0.0261. The summed E-state index contributed by atoms with van der Waals surface area (Å²) < 4.78 is 16.9. The lowest BCUT2D eigenvalue weighted by Gasteiger charge is -2.18. The van der Waals surface area contributed by atoms with E-state index in [-0.39, 0.29) is 37.5 Å². The van der Waals surface area contributed by atoms with Crippen LogP contribution in [-0.4, -0.2) is 37.2 Å². The maximum Gasteiger partial charge on any atom is 0.306 e. The van der Waals surface area contributed by atoms with Crippen LogP contribution in [0.15, 0.2) is 182 Å². The van der Waals surface area contributed by atoms with Crippen molar-refractivity contribution in [2.24, 2.45) is 0 Å². The molecule has 0 aliphatic carbocycles. The molecule has 0 N–H and O–H groups in total. The van der Waals surface area contributed by atoms with Crippen LogP contribution in [0.3, 0.4) is 0 Å². The van der Waals surface area contributed by atoms with E-state index in [1.165, 1.54) is 25.7 Å². The van der Waals surface area contributed by atoms with Crippen LogP contribution in [0.4, 0.5) is 0 Å². The highest BCUT2D eigenvalue weighted by molar-refractivity contribution is 5.71. The molecule has 0 radical (unpaired) electrons. The Morgan fingerprint density at radius 2 is 0.444 bits per heavy atom. The predicted octanol–water partition coefficient (Wildman–Crippen LogP) is 22.4. The second-order valence-electron chi connectivity index (χ2n) is 20.5. The van der Waals surface area contributed by atoms with E-state index in [2.05, 4.69) is 203 Å². The minimum absolute atomic E-state index is 0.112. The molecule has 0 aromatic carbocycles. The lowest BCUT2D eigenvalue weighted by molar-refractivity contribution is -0.167. The second-order valence-corrected chi connectivity index (χ2v) is 20.5. The zero-order valence-corrected chi connectivity index (χ0v) is 51.7. The van der Waals surface area contributed by atoms with Gasteiger partial charge < -0.3 is 14.2 Å². The van der Waals surface area contributed by atoms with Crippen LogP contribution in [0, 0.1) is 0 Å². The van der Waals surface area contributed by atoms with Gasteiger partial charge in [0.05, 0.1) is 0 Å². The molecular formula is C75H116O6. The third-order valence-electron chi connectivity index (χ3n) is 12.9. The van der Waals surface area contributed by atoms with Crippen molar-refractivity contribution in [3.63, 3.8) is 0 Å². The highest BCUT2D eigenvalue weighted by Gasteiger charge is 2.19. The van der Waals surface area contributed by atoms with Crippen molar-refractivity contribution in [3.8, 4) is 0 Å². The van der Waals surface area contributed by atoms with Crippen LogP contribution in [0.5, 0.6) is 0 Å². The van der Waals surface area contributed by atoms with Gasteiger partial charge in [-0.15, -0.1) is 0 Å². The van der Waals surface area contributed by atoms with Crippen LogP contribution in [0.25, 0.3) is 0 Å². The Balaban J connectivity index is 4.52. The average molecular weight is 1110 g/mol. The lowest BCUT2D eigenvalue weighted by Crippen LogP contribution is -2.30. The number of ether oxygens (including phenoxy) is 3. The molecule has 0 saturated carbocycles. The molecular weight excluding hydrogens is 997 g/mol. The molecule has 81 heavy (non-hydrogen) atoms. The van der Waals surface area contributed by atoms with Crippen LogP contribution < -0.4 is 0 Å². The second kappa shape index (κ2) is 67.0. The van der Waals surface area contributed by atoms with Gasteiger partial charge in [-0.25, -0.2) is 0 Å². The maximum absolute atomic E-state index is 12.9. The first-order chi connectivity index (χ1) is 40.0. The van der Waals surface area contributed by atoms with Gasteiger partial charge in [0.1, 0.15) is 13.2 Å². The van der Waals surface area contributed by atoms with Crippen LogP contribution in [-0.2, 0) is 28.6 Å². The highest BCUT2D eigenvalue weighted by atomic mass is 16.6. The normalized spacial score (nSPS) is 13.4. The molecule has 0 spiro atoms. The largest absolute Gasteiger partial charge is 0.462 e. The van der Waals surface area contributed by atoms with E-state index in [0.717, 1.165) is 180 Å². The van der Waals surface area contributed by atoms with Gasteiger partial charge >= 0.3 is 17.9 Å². The molecule has 6 nitrogen and oxygen atoms in total. The van der Waals surface area contributed by atoms with Crippen molar-refractivity contribution in [2.45, 2.75) is 258 Å². The Bertz CT molecular complexity index is 1900. The molecule has 0 heterocycles. The summed E-state index contributed by atoms with van der Waals surface area (Å²) in [4.78, 5) is 38.4. The number of unbranched alkanes of at least 4 members (excludes halogenated alkanes) is 15. The standard InChI is InChI=1S/C75H116O6/c1-4-7-10-13-16-19-22-25-28-31-33-34-35-36-37-38-39-40-42-44-47-50-53-56-59-62-65-68-74(77)80-71-72(70-79-73(76)67-64-61-58-55-52-49-46-43-30-27-24-21-18-15-12-9-6-3)81-75(78)69-66-63-60-57-54-51-48-45-41-32-29-26-23-20-17-14-11-8-5-2/h7-12,16-21,25-30,33-34,36-37,39-41,44-45,47,51,54,72H,4-6,13-15,22-24,31-32,35,38,42-43,46,48-50,52-53,55-71H2,1-3H3/b10-7-,11-8-,12-9-,19-16-,20-17-,21-18-,28-25-,29-26-,30-27-,34-33-,37-36-,40-39-,45-41-,47-44-,54-51-. The van der Waals surface area contributed by atoms with Crippen molar-refractivity contribution < 1.29 is 28.6 Å². The van der Waals surface area contributed by atoms with Gasteiger partial charge in [-0.3, -0.25) is 14.4 Å². The van der Waals surface area contributed by atoms with Gasteiger partial charge in [0, 0.05) is 19.3 Å². The van der Waals surface area contributed by atoms with Crippen molar-refractivity contribution in [3.05, 3.63) is 182 Å². The van der Waals surface area contributed by atoms with Crippen LogP contribution in [0.2, 0.25) is 0 Å². The Morgan fingerprint density at radius 3 is 0.704 bits per heavy atom. The van der Waals surface area contributed by atoms with Crippen molar-refractivity contribution in [1.29, 1.82) is 0 Å². The minimum atomic E-state index is -0.821. The Kier molecular flexibility index (Phi) is 62.5. The van der Waals surface area contributed by atoms with E-state index in [1.807, 2.05) is 0 Å². The van der Waals surface area contributed by atoms with E-state index < -0.39 is 6.10 Å². The van der Waals surface area contributed by atoms with E-state index in [0.29, 0.717) is 19.3 Å². The monoisotopic (exact) mass is 1110 g/mol. The summed E-state index contributed by atoms with van der Waals surface area (Å²) in [5.74, 6) is -0.980. The summed E-state index contributed by atoms with van der Waals surface area (Å²) in [5.41, 5.74) is 0. The molecule has 0 amide bonds. The van der Waals surface area contributed by atoms with Gasteiger partial charge in [0.25, 0.3) is 0 Å². The summed E-state index contributed by atoms with van der Waals surface area (Å²) in [7, 11) is 0. The van der Waals surface area contributed by atoms with E-state index in [4.69, 9.17) is 14.2 Å². The molecule has 0 aliphatic heterocycles. The number of rotatable bonds is 56. The number of hydrogen-bond acceptors (Lipinski definition) is 6. The molecule has 0 aliphatic rings. The Morgan fingerprint density at radius 1 is 0.247 bits per heavy atom. The third-order valence-corrected chi connectivity index (χ3v) is 12.9. The Hall–Kier alpha value is -5.49. The first-order valence-corrected chi connectivity index (χ1v) is 32.3. The topological polar surface area (TPSA) is 78.9 Å². The molecule has 0 rings (SSSR count). The summed E-state index contributed by atoms with van der Waals surface area (Å²) in [5, 5.41) is 0. The van der Waals surface area contributed by atoms with E-state index >= 15 is 0 Å². The van der Waals surface area contributed by atoms with Gasteiger partial charge in [-0.05, 0) is 154 Å². The molecule has 0 saturated heterocycles. The van der Waals surface area contributed by atoms with Gasteiger partial charge in [0.2, 0.25) is 0 Å². The van der Waals surface area contributed by atoms with Gasteiger partial charge in [-0.1, -0.05) is 261 Å². The lowest BCUT2D eigenvalue weighted by atomic mass is 10.1. The molecule has 6 heteroatoms. The van der Waals surface area contributed by atoms with Crippen molar-refractivity contribution in [1.82, 2.24) is 0 Å². The van der Waals surface area contributed by atoms with Crippen molar-refractivity contribution in [2.75, 3.05) is 13.2 Å². The van der Waals surface area contributed by atoms with Crippen LogP contribution >= 0.6 is 0 Å². The van der Waals surface area contributed by atoms with Crippen LogP contribution in [0.1, 0.15) is 252 Å². The number of allylic oxidation sites excluding steroid dienone is 30.